The number of carbonyl (C=O) groups is 1. The summed E-state index contributed by atoms with van der Waals surface area (Å²) in [4.78, 5) is 26.6. The van der Waals surface area contributed by atoms with Crippen LogP contribution in [0.3, 0.4) is 0 Å². The van der Waals surface area contributed by atoms with Crippen LogP contribution in [0.5, 0.6) is 17.2 Å². The number of ether oxygens (including phenoxy) is 3. The number of benzene rings is 2. The monoisotopic (exact) mass is 523 g/mol. The molecular weight excluding hydrogens is 489 g/mol. The molecule has 1 aliphatic heterocycles. The first-order chi connectivity index (χ1) is 18.4. The summed E-state index contributed by atoms with van der Waals surface area (Å²) in [5.41, 5.74) is 1.61. The van der Waals surface area contributed by atoms with Crippen LogP contribution in [0.25, 0.3) is 11.4 Å². The lowest BCUT2D eigenvalue weighted by Crippen LogP contribution is -2.48. The highest BCUT2D eigenvalue weighted by molar-refractivity contribution is 5.99. The number of piperazine rings is 1. The predicted octanol–water partition coefficient (Wildman–Crippen LogP) is 4.16. The zero-order valence-electron chi connectivity index (χ0n) is 22.5. The van der Waals surface area contributed by atoms with Crippen LogP contribution in [0.2, 0.25) is 0 Å². The average Bonchev–Trinajstić information content (AvgIpc) is 2.96. The lowest BCUT2D eigenvalue weighted by atomic mass is 10.1. The molecule has 0 saturated carbocycles. The van der Waals surface area contributed by atoms with Crippen molar-refractivity contribution in [3.05, 3.63) is 54.0 Å². The first kappa shape index (κ1) is 27.0. The van der Waals surface area contributed by atoms with E-state index in [0.717, 1.165) is 6.42 Å². The van der Waals surface area contributed by atoms with E-state index >= 15 is 0 Å². The van der Waals surface area contributed by atoms with Crippen molar-refractivity contribution >= 4 is 17.4 Å². The fraction of sp³-hybridized carbons (Fsp3) is 0.393. The molecular formula is C28H34FN5O4. The Balaban J connectivity index is 1.70. The molecule has 0 spiro atoms. The molecule has 38 heavy (non-hydrogen) atoms. The van der Waals surface area contributed by atoms with Gasteiger partial charge in [0, 0.05) is 44.0 Å². The highest BCUT2D eigenvalue weighted by Gasteiger charge is 2.26. The van der Waals surface area contributed by atoms with Crippen LogP contribution in [0.15, 0.2) is 42.6 Å². The van der Waals surface area contributed by atoms with Crippen LogP contribution in [-0.4, -0.2) is 69.4 Å². The molecule has 0 unspecified atom stereocenters. The molecule has 1 fully saturated rings. The number of para-hydroxylation sites is 1. The third-order valence-corrected chi connectivity index (χ3v) is 6.70. The number of halogens is 1. The molecule has 1 aliphatic rings. The minimum Gasteiger partial charge on any atom is -0.493 e. The number of anilines is 2. The highest BCUT2D eigenvalue weighted by Crippen LogP contribution is 2.41. The van der Waals surface area contributed by atoms with Crippen molar-refractivity contribution in [1.82, 2.24) is 15.3 Å². The molecule has 2 heterocycles. The Kier molecular flexibility index (Phi) is 8.50. The standard InChI is InChI=1S/C28H34FN5O4/c1-6-18(2)31-28(35)20-17-30-26(19-15-23(36-3)25(38-5)24(16-19)37-4)32-27(20)34-13-11-33(12-14-34)22-10-8-7-9-21(22)29/h7-10,15-18H,6,11-14H2,1-5H3,(H,31,35)/t18-/m0/s1. The van der Waals surface area contributed by atoms with Gasteiger partial charge in [0.1, 0.15) is 17.2 Å². The van der Waals surface area contributed by atoms with E-state index in [-0.39, 0.29) is 17.8 Å². The molecule has 10 heteroatoms. The first-order valence-corrected chi connectivity index (χ1v) is 12.6. The van der Waals surface area contributed by atoms with Crippen LogP contribution >= 0.6 is 0 Å². The Morgan fingerprint density at radius 3 is 2.24 bits per heavy atom. The molecule has 1 N–H and O–H groups in total. The van der Waals surface area contributed by atoms with Gasteiger partial charge in [0.05, 0.1) is 27.0 Å². The minimum absolute atomic E-state index is 0.00282. The molecule has 1 aromatic heterocycles. The van der Waals surface area contributed by atoms with Crippen molar-refractivity contribution in [1.29, 1.82) is 0 Å². The molecule has 4 rings (SSSR count). The van der Waals surface area contributed by atoms with Crippen LogP contribution in [0, 0.1) is 5.82 Å². The van der Waals surface area contributed by atoms with E-state index in [1.807, 2.05) is 29.7 Å². The van der Waals surface area contributed by atoms with Gasteiger partial charge < -0.3 is 29.3 Å². The summed E-state index contributed by atoms with van der Waals surface area (Å²) in [6, 6.07) is 10.3. The lowest BCUT2D eigenvalue weighted by molar-refractivity contribution is 0.0939. The summed E-state index contributed by atoms with van der Waals surface area (Å²) in [7, 11) is 4.63. The second-order valence-corrected chi connectivity index (χ2v) is 9.05. The molecule has 0 bridgehead atoms. The van der Waals surface area contributed by atoms with E-state index in [4.69, 9.17) is 19.2 Å². The Morgan fingerprint density at radius 2 is 1.66 bits per heavy atom. The molecule has 0 aliphatic carbocycles. The number of rotatable bonds is 9. The second-order valence-electron chi connectivity index (χ2n) is 9.05. The van der Waals surface area contributed by atoms with Crippen molar-refractivity contribution in [2.45, 2.75) is 26.3 Å². The second kappa shape index (κ2) is 12.0. The summed E-state index contributed by atoms with van der Waals surface area (Å²) in [5.74, 6) is 1.87. The van der Waals surface area contributed by atoms with Gasteiger partial charge in [-0.1, -0.05) is 19.1 Å². The van der Waals surface area contributed by atoms with Crippen LogP contribution in [0.1, 0.15) is 30.6 Å². The number of nitrogens with one attached hydrogen (secondary N) is 1. The topological polar surface area (TPSA) is 89.0 Å². The van der Waals surface area contributed by atoms with Gasteiger partial charge in [-0.3, -0.25) is 4.79 Å². The summed E-state index contributed by atoms with van der Waals surface area (Å²) in [6.45, 7) is 6.24. The Hall–Kier alpha value is -4.08. The lowest BCUT2D eigenvalue weighted by Gasteiger charge is -2.37. The van der Waals surface area contributed by atoms with E-state index in [0.29, 0.717) is 71.9 Å². The van der Waals surface area contributed by atoms with Gasteiger partial charge in [0.25, 0.3) is 5.91 Å². The quantitative estimate of drug-likeness (QED) is 0.447. The number of aromatic nitrogens is 2. The fourth-order valence-electron chi connectivity index (χ4n) is 4.39. The van der Waals surface area contributed by atoms with E-state index < -0.39 is 0 Å². The number of nitrogens with zero attached hydrogens (tertiary/aromatic N) is 4. The minimum atomic E-state index is -0.249. The maximum atomic E-state index is 14.4. The average molecular weight is 524 g/mol. The van der Waals surface area contributed by atoms with Gasteiger partial charge in [-0.05, 0) is 37.6 Å². The van der Waals surface area contributed by atoms with E-state index in [1.165, 1.54) is 6.07 Å². The van der Waals surface area contributed by atoms with Crippen molar-refractivity contribution < 1.29 is 23.4 Å². The number of hydrogen-bond donors (Lipinski definition) is 1. The number of hydrogen-bond acceptors (Lipinski definition) is 8. The van der Waals surface area contributed by atoms with Gasteiger partial charge in [-0.2, -0.15) is 0 Å². The van der Waals surface area contributed by atoms with Crippen molar-refractivity contribution in [2.24, 2.45) is 0 Å². The molecule has 3 aromatic rings. The van der Waals surface area contributed by atoms with Crippen molar-refractivity contribution in [2.75, 3.05) is 57.3 Å². The molecule has 9 nitrogen and oxygen atoms in total. The normalized spacial score (nSPS) is 14.2. The SMILES string of the molecule is CC[C@H](C)NC(=O)c1cnc(-c2cc(OC)c(OC)c(OC)c2)nc1N1CCN(c2ccccc2F)CC1. The summed E-state index contributed by atoms with van der Waals surface area (Å²) in [5, 5.41) is 3.02. The van der Waals surface area contributed by atoms with E-state index in [1.54, 1.807) is 51.8 Å². The zero-order chi connectivity index (χ0) is 27.2. The number of amides is 1. The molecule has 2 aromatic carbocycles. The number of methoxy groups -OCH3 is 3. The Labute approximate surface area is 222 Å². The largest absolute Gasteiger partial charge is 0.493 e. The molecule has 1 amide bonds. The van der Waals surface area contributed by atoms with Gasteiger partial charge in [-0.15, -0.1) is 0 Å². The molecule has 1 saturated heterocycles. The summed E-state index contributed by atoms with van der Waals surface area (Å²) >= 11 is 0. The highest BCUT2D eigenvalue weighted by atomic mass is 19.1. The number of carbonyl (C=O) groups excluding carboxylic acids is 1. The summed E-state index contributed by atoms with van der Waals surface area (Å²) < 4.78 is 30.8. The fourth-order valence-corrected chi connectivity index (χ4v) is 4.39. The third-order valence-electron chi connectivity index (χ3n) is 6.70. The van der Waals surface area contributed by atoms with Gasteiger partial charge in [0.2, 0.25) is 5.75 Å². The van der Waals surface area contributed by atoms with Crippen molar-refractivity contribution in [3.8, 4) is 28.6 Å². The zero-order valence-corrected chi connectivity index (χ0v) is 22.5. The predicted molar refractivity (Wildman–Crippen MR) is 145 cm³/mol. The molecule has 202 valence electrons. The third kappa shape index (κ3) is 5.58. The van der Waals surface area contributed by atoms with Gasteiger partial charge in [0.15, 0.2) is 17.3 Å². The Morgan fingerprint density at radius 1 is 1.03 bits per heavy atom. The molecule has 0 radical (unpaired) electrons. The molecule has 1 atom stereocenters. The van der Waals surface area contributed by atoms with Crippen LogP contribution in [-0.2, 0) is 0 Å². The van der Waals surface area contributed by atoms with E-state index in [2.05, 4.69) is 10.3 Å². The smallest absolute Gasteiger partial charge is 0.256 e. The van der Waals surface area contributed by atoms with Crippen LogP contribution in [0.4, 0.5) is 15.9 Å². The summed E-state index contributed by atoms with van der Waals surface area (Å²) in [6.07, 6.45) is 2.36. The maximum absolute atomic E-state index is 14.4. The van der Waals surface area contributed by atoms with Crippen LogP contribution < -0.4 is 29.3 Å². The van der Waals surface area contributed by atoms with E-state index in [9.17, 15) is 9.18 Å². The maximum Gasteiger partial charge on any atom is 0.256 e. The van der Waals surface area contributed by atoms with Gasteiger partial charge in [-0.25, -0.2) is 14.4 Å². The Bertz CT molecular complexity index is 1250. The van der Waals surface area contributed by atoms with Crippen molar-refractivity contribution in [3.63, 3.8) is 0 Å². The van der Waals surface area contributed by atoms with Gasteiger partial charge >= 0.3 is 0 Å². The first-order valence-electron chi connectivity index (χ1n) is 12.6.